The summed E-state index contributed by atoms with van der Waals surface area (Å²) in [5.41, 5.74) is 3.53. The average molecular weight is 351 g/mol. The highest BCUT2D eigenvalue weighted by atomic mass is 16.5. The van der Waals surface area contributed by atoms with Gasteiger partial charge < -0.3 is 10.1 Å². The van der Waals surface area contributed by atoms with Crippen LogP contribution in [0.2, 0.25) is 0 Å². The first-order valence-electron chi connectivity index (χ1n) is 9.02. The van der Waals surface area contributed by atoms with Crippen molar-refractivity contribution in [1.82, 2.24) is 20.2 Å². The Kier molecular flexibility index (Phi) is 6.19. The van der Waals surface area contributed by atoms with E-state index in [-0.39, 0.29) is 0 Å². The Balaban J connectivity index is 1.56. The van der Waals surface area contributed by atoms with Crippen molar-refractivity contribution in [1.29, 1.82) is 0 Å². The largest absolute Gasteiger partial charge is 0.489 e. The van der Waals surface area contributed by atoms with Crippen molar-refractivity contribution in [3.8, 4) is 5.75 Å². The number of nitrogens with one attached hydrogen (secondary N) is 1. The highest BCUT2D eigenvalue weighted by Gasteiger charge is 2.05. The molecule has 3 aromatic rings. The van der Waals surface area contributed by atoms with Crippen molar-refractivity contribution < 1.29 is 4.74 Å². The van der Waals surface area contributed by atoms with Gasteiger partial charge in [-0.25, -0.2) is 4.68 Å². The maximum Gasteiger partial charge on any atom is 0.243 e. The lowest BCUT2D eigenvalue weighted by molar-refractivity contribution is 0.306. The first-order valence-corrected chi connectivity index (χ1v) is 9.02. The second-order valence-electron chi connectivity index (χ2n) is 6.36. The van der Waals surface area contributed by atoms with E-state index in [9.17, 15) is 0 Å². The molecular weight excluding hydrogens is 326 g/mol. The predicted molar refractivity (Wildman–Crippen MR) is 102 cm³/mol. The molecule has 0 aliphatic rings. The molecule has 0 saturated carbocycles. The molecule has 0 amide bonds. The van der Waals surface area contributed by atoms with Crippen LogP contribution in [0.25, 0.3) is 0 Å². The number of anilines is 1. The van der Waals surface area contributed by atoms with Crippen LogP contribution in [-0.2, 0) is 19.7 Å². The Morgan fingerprint density at radius 2 is 1.92 bits per heavy atom. The van der Waals surface area contributed by atoms with E-state index in [4.69, 9.17) is 4.74 Å². The minimum absolute atomic E-state index is 0.563. The molecule has 1 aromatic heterocycles. The van der Waals surface area contributed by atoms with E-state index < -0.39 is 0 Å². The van der Waals surface area contributed by atoms with E-state index in [0.717, 1.165) is 30.7 Å². The van der Waals surface area contributed by atoms with Gasteiger partial charge in [0.15, 0.2) is 0 Å². The third kappa shape index (κ3) is 5.05. The van der Waals surface area contributed by atoms with E-state index in [2.05, 4.69) is 65.0 Å². The molecule has 0 aliphatic carbocycles. The van der Waals surface area contributed by atoms with Gasteiger partial charge in [-0.3, -0.25) is 0 Å². The lowest BCUT2D eigenvalue weighted by Gasteiger charge is -2.10. The van der Waals surface area contributed by atoms with Crippen molar-refractivity contribution in [2.75, 3.05) is 5.32 Å². The summed E-state index contributed by atoms with van der Waals surface area (Å²) in [4.78, 5) is 0. The number of ether oxygens (including phenoxy) is 1. The fraction of sp³-hybridized carbons (Fsp3) is 0.350. The van der Waals surface area contributed by atoms with Crippen LogP contribution in [0.15, 0.2) is 48.5 Å². The van der Waals surface area contributed by atoms with Crippen LogP contribution in [0.3, 0.4) is 0 Å². The van der Waals surface area contributed by atoms with Crippen molar-refractivity contribution in [3.05, 3.63) is 65.2 Å². The van der Waals surface area contributed by atoms with E-state index in [1.807, 2.05) is 22.9 Å². The topological polar surface area (TPSA) is 64.9 Å². The van der Waals surface area contributed by atoms with Gasteiger partial charge >= 0.3 is 0 Å². The average Bonchev–Trinajstić information content (AvgIpc) is 3.11. The number of hydrogen-bond donors (Lipinski definition) is 1. The predicted octanol–water partition coefficient (Wildman–Crippen LogP) is 3.97. The van der Waals surface area contributed by atoms with Gasteiger partial charge in [-0.05, 0) is 47.0 Å². The molecule has 0 fully saturated rings. The van der Waals surface area contributed by atoms with Gasteiger partial charge in [0, 0.05) is 13.1 Å². The van der Waals surface area contributed by atoms with Crippen LogP contribution in [0, 0.1) is 6.92 Å². The fourth-order valence-electron chi connectivity index (χ4n) is 2.68. The SMILES string of the molecule is CCCCn1nnnc1NCc1cccc(OCc2cccc(C)c2)c1. The zero-order valence-corrected chi connectivity index (χ0v) is 15.4. The molecule has 26 heavy (non-hydrogen) atoms. The zero-order chi connectivity index (χ0) is 18.2. The second-order valence-corrected chi connectivity index (χ2v) is 6.36. The summed E-state index contributed by atoms with van der Waals surface area (Å²) in [6, 6.07) is 16.4. The number of tetrazole rings is 1. The molecule has 0 atom stereocenters. The number of aryl methyl sites for hydroxylation is 2. The van der Waals surface area contributed by atoms with Crippen LogP contribution < -0.4 is 10.1 Å². The monoisotopic (exact) mass is 351 g/mol. The molecule has 0 radical (unpaired) electrons. The third-order valence-electron chi connectivity index (χ3n) is 4.09. The lowest BCUT2D eigenvalue weighted by atomic mass is 10.1. The van der Waals surface area contributed by atoms with Crippen molar-refractivity contribution in [3.63, 3.8) is 0 Å². The summed E-state index contributed by atoms with van der Waals surface area (Å²) in [5, 5.41) is 15.1. The highest BCUT2D eigenvalue weighted by molar-refractivity contribution is 5.32. The number of nitrogens with zero attached hydrogens (tertiary/aromatic N) is 4. The first-order chi connectivity index (χ1) is 12.7. The Morgan fingerprint density at radius 1 is 1.08 bits per heavy atom. The quantitative estimate of drug-likeness (QED) is 0.632. The Labute approximate surface area is 154 Å². The minimum Gasteiger partial charge on any atom is -0.489 e. The Hall–Kier alpha value is -2.89. The van der Waals surface area contributed by atoms with Gasteiger partial charge in [0.05, 0.1) is 0 Å². The molecule has 1 N–H and O–H groups in total. The van der Waals surface area contributed by atoms with E-state index in [0.29, 0.717) is 19.1 Å². The molecule has 0 spiro atoms. The summed E-state index contributed by atoms with van der Waals surface area (Å²) in [7, 11) is 0. The van der Waals surface area contributed by atoms with Crippen LogP contribution in [-0.4, -0.2) is 20.2 Å². The maximum absolute atomic E-state index is 5.93. The molecular formula is C20H25N5O. The van der Waals surface area contributed by atoms with Gasteiger partial charge in [0.1, 0.15) is 12.4 Å². The van der Waals surface area contributed by atoms with Gasteiger partial charge in [-0.2, -0.15) is 0 Å². The normalized spacial score (nSPS) is 10.7. The Bertz CT molecular complexity index is 830. The summed E-state index contributed by atoms with van der Waals surface area (Å²) < 4.78 is 7.74. The van der Waals surface area contributed by atoms with Crippen LogP contribution in [0.1, 0.15) is 36.5 Å². The molecule has 0 unspecified atom stereocenters. The molecule has 6 nitrogen and oxygen atoms in total. The Morgan fingerprint density at radius 3 is 2.77 bits per heavy atom. The lowest BCUT2D eigenvalue weighted by Crippen LogP contribution is -2.09. The molecule has 6 heteroatoms. The zero-order valence-electron chi connectivity index (χ0n) is 15.4. The van der Waals surface area contributed by atoms with Gasteiger partial charge in [0.25, 0.3) is 0 Å². The number of benzene rings is 2. The second kappa shape index (κ2) is 8.99. The standard InChI is InChI=1S/C20H25N5O/c1-3-4-11-25-20(22-23-24-25)21-14-17-8-6-10-19(13-17)26-15-18-9-5-7-16(2)12-18/h5-10,12-13H,3-4,11,14-15H2,1-2H3,(H,21,22,24). The summed E-state index contributed by atoms with van der Waals surface area (Å²) in [6.07, 6.45) is 2.17. The van der Waals surface area contributed by atoms with Crippen molar-refractivity contribution >= 4 is 5.95 Å². The number of hydrogen-bond acceptors (Lipinski definition) is 5. The maximum atomic E-state index is 5.93. The summed E-state index contributed by atoms with van der Waals surface area (Å²) in [6.45, 7) is 6.27. The van der Waals surface area contributed by atoms with Gasteiger partial charge in [0.2, 0.25) is 5.95 Å². The van der Waals surface area contributed by atoms with E-state index >= 15 is 0 Å². The van der Waals surface area contributed by atoms with Crippen LogP contribution in [0.5, 0.6) is 5.75 Å². The molecule has 136 valence electrons. The number of rotatable bonds is 9. The van der Waals surface area contributed by atoms with Gasteiger partial charge in [-0.1, -0.05) is 60.4 Å². The summed E-state index contributed by atoms with van der Waals surface area (Å²) >= 11 is 0. The number of aromatic nitrogens is 4. The number of unbranched alkanes of at least 4 members (excludes halogenated alkanes) is 1. The molecule has 2 aromatic carbocycles. The summed E-state index contributed by atoms with van der Waals surface area (Å²) in [5.74, 6) is 1.56. The van der Waals surface area contributed by atoms with Crippen LogP contribution in [0.4, 0.5) is 5.95 Å². The van der Waals surface area contributed by atoms with Crippen LogP contribution >= 0.6 is 0 Å². The molecule has 0 saturated heterocycles. The van der Waals surface area contributed by atoms with E-state index in [1.165, 1.54) is 11.1 Å². The first kappa shape index (κ1) is 17.9. The molecule has 0 bridgehead atoms. The van der Waals surface area contributed by atoms with Crippen molar-refractivity contribution in [2.45, 2.75) is 46.4 Å². The minimum atomic E-state index is 0.563. The fourth-order valence-corrected chi connectivity index (χ4v) is 2.68. The third-order valence-corrected chi connectivity index (χ3v) is 4.09. The van der Waals surface area contributed by atoms with E-state index in [1.54, 1.807) is 0 Å². The smallest absolute Gasteiger partial charge is 0.243 e. The molecule has 1 heterocycles. The molecule has 0 aliphatic heterocycles. The molecule has 3 rings (SSSR count). The van der Waals surface area contributed by atoms with Crippen molar-refractivity contribution in [2.24, 2.45) is 0 Å². The highest BCUT2D eigenvalue weighted by Crippen LogP contribution is 2.16. The van der Waals surface area contributed by atoms with Gasteiger partial charge in [-0.15, -0.1) is 0 Å².